The first-order valence-corrected chi connectivity index (χ1v) is 8.64. The maximum atomic E-state index is 11.8. The minimum Gasteiger partial charge on any atom is -0.496 e. The minimum atomic E-state index is -0.366. The highest BCUT2D eigenvalue weighted by atomic mass is 16.5. The molecule has 0 atom stereocenters. The van der Waals surface area contributed by atoms with Crippen LogP contribution in [0.25, 0.3) is 0 Å². The molecule has 0 aliphatic rings. The van der Waals surface area contributed by atoms with Crippen molar-refractivity contribution in [1.29, 1.82) is 0 Å². The Labute approximate surface area is 151 Å². The molecule has 0 aliphatic carbocycles. The van der Waals surface area contributed by atoms with Gasteiger partial charge in [-0.05, 0) is 30.5 Å². The molecule has 0 fully saturated rings. The number of carbonyl (C=O) groups excluding carboxylic acids is 1. The van der Waals surface area contributed by atoms with E-state index >= 15 is 0 Å². The molecule has 3 N–H and O–H groups in total. The summed E-state index contributed by atoms with van der Waals surface area (Å²) < 4.78 is 5.35. The van der Waals surface area contributed by atoms with Crippen LogP contribution in [0.3, 0.4) is 0 Å². The van der Waals surface area contributed by atoms with Crippen LogP contribution in [-0.4, -0.2) is 45.7 Å². The molecule has 6 nitrogen and oxygen atoms in total. The van der Waals surface area contributed by atoms with Gasteiger partial charge >= 0.3 is 0 Å². The summed E-state index contributed by atoms with van der Waals surface area (Å²) in [5.41, 5.74) is 1.98. The van der Waals surface area contributed by atoms with E-state index in [2.05, 4.69) is 39.1 Å². The maximum Gasteiger partial charge on any atom is 0.225 e. The largest absolute Gasteiger partial charge is 0.496 e. The van der Waals surface area contributed by atoms with Crippen LogP contribution in [0.1, 0.15) is 31.9 Å². The molecule has 0 spiro atoms. The topological polar surface area (TPSA) is 74.8 Å². The number of aryl methyl sites for hydroxylation is 1. The van der Waals surface area contributed by atoms with E-state index < -0.39 is 0 Å². The van der Waals surface area contributed by atoms with E-state index in [9.17, 15) is 4.79 Å². The second-order valence-corrected chi connectivity index (χ2v) is 6.99. The number of amides is 1. The van der Waals surface area contributed by atoms with Crippen LogP contribution in [0.4, 0.5) is 0 Å². The highest BCUT2D eigenvalue weighted by Crippen LogP contribution is 2.18. The highest BCUT2D eigenvalue weighted by Gasteiger charge is 2.20. The van der Waals surface area contributed by atoms with Crippen molar-refractivity contribution in [2.45, 2.75) is 34.1 Å². The summed E-state index contributed by atoms with van der Waals surface area (Å²) in [4.78, 5) is 16.0. The van der Waals surface area contributed by atoms with Gasteiger partial charge in [0.1, 0.15) is 5.75 Å². The number of nitrogens with one attached hydrogen (secondary N) is 3. The Kier molecular flexibility index (Phi) is 8.25. The molecule has 1 aromatic rings. The average molecular weight is 348 g/mol. The summed E-state index contributed by atoms with van der Waals surface area (Å²) in [7, 11) is 3.42. The minimum absolute atomic E-state index is 0.0468. The van der Waals surface area contributed by atoms with E-state index in [4.69, 9.17) is 4.74 Å². The normalized spacial score (nSPS) is 11.8. The summed E-state index contributed by atoms with van der Waals surface area (Å²) in [6, 6.07) is 6.24. The zero-order valence-electron chi connectivity index (χ0n) is 16.3. The Morgan fingerprint density at radius 3 is 2.36 bits per heavy atom. The van der Waals surface area contributed by atoms with Crippen LogP contribution in [-0.2, 0) is 11.2 Å². The van der Waals surface area contributed by atoms with E-state index in [1.54, 1.807) is 14.2 Å². The van der Waals surface area contributed by atoms with Gasteiger partial charge in [0.2, 0.25) is 5.91 Å². The average Bonchev–Trinajstić information content (AvgIpc) is 2.57. The van der Waals surface area contributed by atoms with Gasteiger partial charge < -0.3 is 20.7 Å². The molecule has 0 aromatic heterocycles. The van der Waals surface area contributed by atoms with Gasteiger partial charge in [0, 0.05) is 32.1 Å². The van der Waals surface area contributed by atoms with Crippen molar-refractivity contribution in [3.8, 4) is 5.75 Å². The van der Waals surface area contributed by atoms with E-state index in [0.29, 0.717) is 13.1 Å². The van der Waals surface area contributed by atoms with Crippen LogP contribution in [0.15, 0.2) is 23.2 Å². The van der Waals surface area contributed by atoms with Crippen molar-refractivity contribution in [3.05, 3.63) is 29.3 Å². The molecule has 0 saturated carbocycles. The molecule has 0 unspecified atom stereocenters. The second kappa shape index (κ2) is 9.91. The van der Waals surface area contributed by atoms with Gasteiger partial charge in [0.25, 0.3) is 0 Å². The maximum absolute atomic E-state index is 11.8. The SMILES string of the molecule is CN=C(NCCNC(=O)C(C)(C)C)NCCc1ccc(C)c(OC)c1. The van der Waals surface area contributed by atoms with E-state index in [1.165, 1.54) is 5.56 Å². The Bertz CT molecular complexity index is 592. The standard InChI is InChI=1S/C19H32N4O2/c1-14-7-8-15(13-16(14)25-6)9-10-22-18(20-5)23-12-11-21-17(24)19(2,3)4/h7-8,13H,9-12H2,1-6H3,(H,21,24)(H2,20,22,23). The quantitative estimate of drug-likeness (QED) is 0.399. The third-order valence-corrected chi connectivity index (χ3v) is 3.79. The zero-order chi connectivity index (χ0) is 18.9. The summed E-state index contributed by atoms with van der Waals surface area (Å²) in [6.45, 7) is 9.68. The Balaban J connectivity index is 2.32. The summed E-state index contributed by atoms with van der Waals surface area (Å²) in [5, 5.41) is 9.37. The van der Waals surface area contributed by atoms with Crippen molar-refractivity contribution in [3.63, 3.8) is 0 Å². The van der Waals surface area contributed by atoms with Crippen molar-refractivity contribution < 1.29 is 9.53 Å². The van der Waals surface area contributed by atoms with Gasteiger partial charge in [-0.1, -0.05) is 32.9 Å². The number of hydrogen-bond donors (Lipinski definition) is 3. The van der Waals surface area contributed by atoms with E-state index in [1.807, 2.05) is 27.7 Å². The number of benzene rings is 1. The van der Waals surface area contributed by atoms with Gasteiger partial charge in [0.15, 0.2) is 5.96 Å². The van der Waals surface area contributed by atoms with Crippen LogP contribution < -0.4 is 20.7 Å². The van der Waals surface area contributed by atoms with Crippen molar-refractivity contribution in [2.24, 2.45) is 10.4 Å². The van der Waals surface area contributed by atoms with Gasteiger partial charge in [-0.2, -0.15) is 0 Å². The lowest BCUT2D eigenvalue weighted by atomic mass is 9.96. The molecule has 0 bridgehead atoms. The van der Waals surface area contributed by atoms with Crippen LogP contribution in [0.2, 0.25) is 0 Å². The fraction of sp³-hybridized carbons (Fsp3) is 0.579. The summed E-state index contributed by atoms with van der Waals surface area (Å²) >= 11 is 0. The van der Waals surface area contributed by atoms with Crippen LogP contribution >= 0.6 is 0 Å². The number of methoxy groups -OCH3 is 1. The fourth-order valence-electron chi connectivity index (χ4n) is 2.19. The van der Waals surface area contributed by atoms with Crippen molar-refractivity contribution in [2.75, 3.05) is 33.8 Å². The molecular weight excluding hydrogens is 316 g/mol. The molecule has 1 amide bonds. The Morgan fingerprint density at radius 1 is 1.12 bits per heavy atom. The molecule has 0 radical (unpaired) electrons. The number of hydrogen-bond acceptors (Lipinski definition) is 3. The number of carbonyl (C=O) groups is 1. The predicted octanol–water partition coefficient (Wildman–Crippen LogP) is 1.87. The molecule has 25 heavy (non-hydrogen) atoms. The van der Waals surface area contributed by atoms with Gasteiger partial charge in [-0.15, -0.1) is 0 Å². The molecule has 1 rings (SSSR count). The van der Waals surface area contributed by atoms with Crippen molar-refractivity contribution in [1.82, 2.24) is 16.0 Å². The lowest BCUT2D eigenvalue weighted by Crippen LogP contribution is -2.43. The van der Waals surface area contributed by atoms with E-state index in [0.717, 1.165) is 30.2 Å². The molecule has 0 aliphatic heterocycles. The monoisotopic (exact) mass is 348 g/mol. The number of nitrogens with zero attached hydrogens (tertiary/aromatic N) is 1. The van der Waals surface area contributed by atoms with E-state index in [-0.39, 0.29) is 11.3 Å². The third kappa shape index (κ3) is 7.45. The lowest BCUT2D eigenvalue weighted by molar-refractivity contribution is -0.128. The lowest BCUT2D eigenvalue weighted by Gasteiger charge is -2.18. The first-order valence-electron chi connectivity index (χ1n) is 8.64. The van der Waals surface area contributed by atoms with Gasteiger partial charge in [0.05, 0.1) is 7.11 Å². The molecule has 1 aromatic carbocycles. The molecule has 0 heterocycles. The predicted molar refractivity (Wildman–Crippen MR) is 103 cm³/mol. The Hall–Kier alpha value is -2.24. The first kappa shape index (κ1) is 20.8. The third-order valence-electron chi connectivity index (χ3n) is 3.79. The van der Waals surface area contributed by atoms with Gasteiger partial charge in [-0.3, -0.25) is 9.79 Å². The molecule has 6 heteroatoms. The summed E-state index contributed by atoms with van der Waals surface area (Å²) in [5.74, 6) is 1.68. The fourth-order valence-corrected chi connectivity index (χ4v) is 2.19. The number of aliphatic imine (C=N–C) groups is 1. The number of rotatable bonds is 7. The second-order valence-electron chi connectivity index (χ2n) is 6.99. The number of guanidine groups is 1. The first-order chi connectivity index (χ1) is 11.8. The van der Waals surface area contributed by atoms with Crippen LogP contribution in [0.5, 0.6) is 5.75 Å². The number of ether oxygens (including phenoxy) is 1. The molecule has 140 valence electrons. The summed E-state index contributed by atoms with van der Waals surface area (Å²) in [6.07, 6.45) is 0.873. The highest BCUT2D eigenvalue weighted by molar-refractivity contribution is 5.81. The smallest absolute Gasteiger partial charge is 0.225 e. The van der Waals surface area contributed by atoms with Crippen LogP contribution in [0, 0.1) is 12.3 Å². The van der Waals surface area contributed by atoms with Crippen molar-refractivity contribution >= 4 is 11.9 Å². The van der Waals surface area contributed by atoms with Gasteiger partial charge in [-0.25, -0.2) is 0 Å². The Morgan fingerprint density at radius 2 is 1.76 bits per heavy atom. The molecular formula is C19H32N4O2. The molecule has 0 saturated heterocycles. The zero-order valence-corrected chi connectivity index (χ0v) is 16.3.